The summed E-state index contributed by atoms with van der Waals surface area (Å²) in [7, 11) is 1.63. The Morgan fingerprint density at radius 2 is 2.30 bits per heavy atom. The van der Waals surface area contributed by atoms with Gasteiger partial charge in [-0.1, -0.05) is 18.5 Å². The fourth-order valence-electron chi connectivity index (χ4n) is 2.24. The van der Waals surface area contributed by atoms with E-state index in [2.05, 4.69) is 12.2 Å². The van der Waals surface area contributed by atoms with E-state index in [1.54, 1.807) is 7.11 Å². The van der Waals surface area contributed by atoms with E-state index in [0.717, 1.165) is 38.1 Å². The number of hydrogen-bond acceptors (Lipinski definition) is 4. The SMILES string of the molecule is CCNCc1cc(Cl)c(OCC2CCCO2)c(OC)c1. The number of ether oxygens (including phenoxy) is 3. The molecule has 1 aliphatic heterocycles. The number of nitrogens with one attached hydrogen (secondary N) is 1. The molecule has 1 aliphatic rings. The predicted octanol–water partition coefficient (Wildman–Crippen LogP) is 3.02. The van der Waals surface area contributed by atoms with Crippen LogP contribution in [0.5, 0.6) is 11.5 Å². The second-order valence-corrected chi connectivity index (χ2v) is 5.24. The first kappa shape index (κ1) is 15.4. The van der Waals surface area contributed by atoms with Gasteiger partial charge < -0.3 is 19.5 Å². The van der Waals surface area contributed by atoms with Crippen molar-refractivity contribution in [3.05, 3.63) is 22.7 Å². The van der Waals surface area contributed by atoms with Gasteiger partial charge in [0.15, 0.2) is 11.5 Å². The molecule has 112 valence electrons. The standard InChI is InChI=1S/C15H22ClNO3/c1-3-17-9-11-7-13(16)15(14(8-11)18-2)20-10-12-5-4-6-19-12/h7-8,12,17H,3-6,9-10H2,1-2H3. The summed E-state index contributed by atoms with van der Waals surface area (Å²) in [6.45, 7) is 5.08. The number of halogens is 1. The lowest BCUT2D eigenvalue weighted by Gasteiger charge is -2.16. The summed E-state index contributed by atoms with van der Waals surface area (Å²) in [4.78, 5) is 0. The quantitative estimate of drug-likeness (QED) is 0.840. The van der Waals surface area contributed by atoms with Crippen molar-refractivity contribution in [2.75, 3.05) is 26.9 Å². The van der Waals surface area contributed by atoms with Gasteiger partial charge in [-0.2, -0.15) is 0 Å². The lowest BCUT2D eigenvalue weighted by Crippen LogP contribution is -2.17. The third-order valence-electron chi connectivity index (χ3n) is 3.31. The molecule has 0 spiro atoms. The van der Waals surface area contributed by atoms with Crippen molar-refractivity contribution >= 4 is 11.6 Å². The van der Waals surface area contributed by atoms with Crippen LogP contribution in [-0.2, 0) is 11.3 Å². The zero-order valence-electron chi connectivity index (χ0n) is 12.1. The van der Waals surface area contributed by atoms with Crippen LogP contribution in [0.4, 0.5) is 0 Å². The molecule has 1 heterocycles. The van der Waals surface area contributed by atoms with E-state index in [1.807, 2.05) is 12.1 Å². The Labute approximate surface area is 125 Å². The van der Waals surface area contributed by atoms with Crippen molar-refractivity contribution in [2.45, 2.75) is 32.4 Å². The molecule has 1 fully saturated rings. The smallest absolute Gasteiger partial charge is 0.179 e. The topological polar surface area (TPSA) is 39.7 Å². The van der Waals surface area contributed by atoms with Crippen molar-refractivity contribution in [2.24, 2.45) is 0 Å². The van der Waals surface area contributed by atoms with Crippen LogP contribution >= 0.6 is 11.6 Å². The highest BCUT2D eigenvalue weighted by atomic mass is 35.5. The van der Waals surface area contributed by atoms with E-state index >= 15 is 0 Å². The lowest BCUT2D eigenvalue weighted by atomic mass is 10.2. The maximum absolute atomic E-state index is 6.30. The minimum absolute atomic E-state index is 0.164. The number of methoxy groups -OCH3 is 1. The molecule has 20 heavy (non-hydrogen) atoms. The fourth-order valence-corrected chi connectivity index (χ4v) is 2.52. The summed E-state index contributed by atoms with van der Waals surface area (Å²) in [5.41, 5.74) is 1.08. The summed E-state index contributed by atoms with van der Waals surface area (Å²) in [5.74, 6) is 1.27. The average Bonchev–Trinajstić information content (AvgIpc) is 2.96. The van der Waals surface area contributed by atoms with Crippen LogP contribution in [0.1, 0.15) is 25.3 Å². The minimum atomic E-state index is 0.164. The highest BCUT2D eigenvalue weighted by molar-refractivity contribution is 6.32. The van der Waals surface area contributed by atoms with Crippen molar-refractivity contribution < 1.29 is 14.2 Å². The Kier molecular flexibility index (Phi) is 5.95. The summed E-state index contributed by atoms with van der Waals surface area (Å²) >= 11 is 6.30. The second-order valence-electron chi connectivity index (χ2n) is 4.84. The molecule has 1 aromatic rings. The molecule has 2 rings (SSSR count). The third kappa shape index (κ3) is 4.01. The molecule has 4 nitrogen and oxygen atoms in total. The van der Waals surface area contributed by atoms with E-state index in [1.165, 1.54) is 0 Å². The average molecular weight is 300 g/mol. The van der Waals surface area contributed by atoms with E-state index in [4.69, 9.17) is 25.8 Å². The van der Waals surface area contributed by atoms with Crippen LogP contribution in [0.3, 0.4) is 0 Å². The molecule has 0 bridgehead atoms. The maximum Gasteiger partial charge on any atom is 0.179 e. The van der Waals surface area contributed by atoms with Gasteiger partial charge in [0.05, 0.1) is 18.2 Å². The van der Waals surface area contributed by atoms with Crippen molar-refractivity contribution in [3.63, 3.8) is 0 Å². The Hall–Kier alpha value is -0.970. The van der Waals surface area contributed by atoms with Gasteiger partial charge in [0.25, 0.3) is 0 Å². The van der Waals surface area contributed by atoms with E-state index in [0.29, 0.717) is 23.1 Å². The predicted molar refractivity (Wildman–Crippen MR) is 79.9 cm³/mol. The normalized spacial score (nSPS) is 18.2. The number of rotatable bonds is 7. The van der Waals surface area contributed by atoms with Gasteiger partial charge in [-0.05, 0) is 37.1 Å². The molecule has 0 saturated carbocycles. The minimum Gasteiger partial charge on any atom is -0.493 e. The molecule has 0 radical (unpaired) electrons. The molecule has 0 aromatic heterocycles. The summed E-state index contributed by atoms with van der Waals surface area (Å²) in [6.07, 6.45) is 2.30. The van der Waals surface area contributed by atoms with Gasteiger partial charge in [-0.15, -0.1) is 0 Å². The molecule has 1 N–H and O–H groups in total. The summed E-state index contributed by atoms with van der Waals surface area (Å²) in [5, 5.41) is 3.84. The molecule has 0 amide bonds. The van der Waals surface area contributed by atoms with E-state index in [9.17, 15) is 0 Å². The zero-order valence-corrected chi connectivity index (χ0v) is 12.8. The summed E-state index contributed by atoms with van der Waals surface area (Å²) < 4.78 is 16.7. The van der Waals surface area contributed by atoms with Crippen molar-refractivity contribution in [3.8, 4) is 11.5 Å². The molecule has 1 atom stereocenters. The van der Waals surface area contributed by atoms with Gasteiger partial charge in [0.2, 0.25) is 0 Å². The molecule has 1 saturated heterocycles. The molecular formula is C15H22ClNO3. The first-order valence-electron chi connectivity index (χ1n) is 7.06. The van der Waals surface area contributed by atoms with E-state index < -0.39 is 0 Å². The van der Waals surface area contributed by atoms with Gasteiger partial charge in [0.1, 0.15) is 6.61 Å². The molecule has 1 unspecified atom stereocenters. The molecule has 5 heteroatoms. The van der Waals surface area contributed by atoms with Crippen molar-refractivity contribution in [1.82, 2.24) is 5.32 Å². The monoisotopic (exact) mass is 299 g/mol. The highest BCUT2D eigenvalue weighted by Gasteiger charge is 2.18. The fraction of sp³-hybridized carbons (Fsp3) is 0.600. The van der Waals surface area contributed by atoms with Crippen LogP contribution in [0.15, 0.2) is 12.1 Å². The Bertz CT molecular complexity index is 433. The Balaban J connectivity index is 2.06. The molecule has 0 aliphatic carbocycles. The molecular weight excluding hydrogens is 278 g/mol. The lowest BCUT2D eigenvalue weighted by molar-refractivity contribution is 0.0670. The van der Waals surface area contributed by atoms with Crippen LogP contribution < -0.4 is 14.8 Å². The van der Waals surface area contributed by atoms with Crippen LogP contribution in [0.25, 0.3) is 0 Å². The van der Waals surface area contributed by atoms with E-state index in [-0.39, 0.29) is 6.10 Å². The number of benzene rings is 1. The Morgan fingerprint density at radius 3 is 2.95 bits per heavy atom. The zero-order chi connectivity index (χ0) is 14.4. The van der Waals surface area contributed by atoms with Crippen LogP contribution in [0.2, 0.25) is 5.02 Å². The van der Waals surface area contributed by atoms with Gasteiger partial charge in [-0.25, -0.2) is 0 Å². The second kappa shape index (κ2) is 7.72. The van der Waals surface area contributed by atoms with Gasteiger partial charge in [-0.3, -0.25) is 0 Å². The van der Waals surface area contributed by atoms with Crippen molar-refractivity contribution in [1.29, 1.82) is 0 Å². The highest BCUT2D eigenvalue weighted by Crippen LogP contribution is 2.36. The largest absolute Gasteiger partial charge is 0.493 e. The first-order chi connectivity index (χ1) is 9.74. The van der Waals surface area contributed by atoms with Crippen LogP contribution in [-0.4, -0.2) is 33.0 Å². The Morgan fingerprint density at radius 1 is 1.45 bits per heavy atom. The third-order valence-corrected chi connectivity index (χ3v) is 3.59. The molecule has 1 aromatic carbocycles. The van der Waals surface area contributed by atoms with Crippen LogP contribution in [0, 0.1) is 0 Å². The first-order valence-corrected chi connectivity index (χ1v) is 7.44. The number of hydrogen-bond donors (Lipinski definition) is 1. The maximum atomic E-state index is 6.30. The van der Waals surface area contributed by atoms with Gasteiger partial charge in [0, 0.05) is 13.2 Å². The van der Waals surface area contributed by atoms with Gasteiger partial charge >= 0.3 is 0 Å². The summed E-state index contributed by atoms with van der Waals surface area (Å²) in [6, 6.07) is 3.87.